The van der Waals surface area contributed by atoms with Crippen molar-refractivity contribution in [2.45, 2.75) is 78.4 Å². The van der Waals surface area contributed by atoms with Crippen LogP contribution in [0.2, 0.25) is 0 Å². The molecule has 0 radical (unpaired) electrons. The first-order chi connectivity index (χ1) is 9.30. The van der Waals surface area contributed by atoms with E-state index >= 15 is 0 Å². The van der Waals surface area contributed by atoms with E-state index in [0.717, 1.165) is 31.9 Å². The Bertz CT molecular complexity index is 280. The van der Waals surface area contributed by atoms with Gasteiger partial charge in [0.25, 0.3) is 0 Å². The van der Waals surface area contributed by atoms with Gasteiger partial charge in [-0.25, -0.2) is 0 Å². The number of hydrogen-bond donors (Lipinski definition) is 2. The fourth-order valence-corrected chi connectivity index (χ4v) is 3.75. The van der Waals surface area contributed by atoms with Gasteiger partial charge in [0.05, 0.1) is 12.7 Å². The molecule has 1 rings (SSSR count). The molecule has 1 saturated carbocycles. The summed E-state index contributed by atoms with van der Waals surface area (Å²) in [6.07, 6.45) is 6.09. The summed E-state index contributed by atoms with van der Waals surface area (Å²) in [5, 5.41) is 12.8. The maximum absolute atomic E-state index is 9.46. The molecule has 0 saturated heterocycles. The van der Waals surface area contributed by atoms with Crippen LogP contribution in [0.4, 0.5) is 0 Å². The van der Waals surface area contributed by atoms with Gasteiger partial charge in [-0.15, -0.1) is 0 Å². The predicted octanol–water partition coefficient (Wildman–Crippen LogP) is 3.36. The zero-order valence-electron chi connectivity index (χ0n) is 14.2. The number of nitrogens with one attached hydrogen (secondary N) is 1. The lowest BCUT2D eigenvalue weighted by Gasteiger charge is -2.39. The van der Waals surface area contributed by atoms with Gasteiger partial charge in [0.2, 0.25) is 0 Å². The van der Waals surface area contributed by atoms with Crippen molar-refractivity contribution in [3.8, 4) is 0 Å². The molecule has 1 fully saturated rings. The van der Waals surface area contributed by atoms with E-state index in [2.05, 4.69) is 39.9 Å². The normalized spacial score (nSPS) is 29.1. The van der Waals surface area contributed by atoms with E-state index in [1.807, 2.05) is 0 Å². The highest BCUT2D eigenvalue weighted by molar-refractivity contribution is 4.84. The summed E-state index contributed by atoms with van der Waals surface area (Å²) < 4.78 is 6.10. The van der Waals surface area contributed by atoms with Crippen molar-refractivity contribution in [2.75, 3.05) is 19.8 Å². The number of aliphatic hydroxyl groups excluding tert-OH is 1. The van der Waals surface area contributed by atoms with Crippen LogP contribution in [0.1, 0.15) is 66.7 Å². The fraction of sp³-hybridized carbons (Fsp3) is 1.00. The molecule has 3 nitrogen and oxygen atoms in total. The lowest BCUT2D eigenvalue weighted by molar-refractivity contribution is -0.0260. The number of ether oxygens (including phenoxy) is 1. The quantitative estimate of drug-likeness (QED) is 0.672. The number of likely N-dealkylation sites (N-methyl/N-ethyl adjacent to an activating group) is 1. The van der Waals surface area contributed by atoms with E-state index in [-0.39, 0.29) is 12.1 Å². The molecule has 1 aliphatic carbocycles. The maximum Gasteiger partial charge on any atom is 0.0610 e. The van der Waals surface area contributed by atoms with E-state index in [4.69, 9.17) is 4.74 Å². The van der Waals surface area contributed by atoms with Crippen LogP contribution in [-0.2, 0) is 4.74 Å². The van der Waals surface area contributed by atoms with Gasteiger partial charge >= 0.3 is 0 Å². The van der Waals surface area contributed by atoms with Gasteiger partial charge < -0.3 is 15.2 Å². The summed E-state index contributed by atoms with van der Waals surface area (Å²) in [6, 6.07) is 0. The molecule has 1 aliphatic rings. The van der Waals surface area contributed by atoms with Crippen LogP contribution in [0.3, 0.4) is 0 Å². The first-order valence-electron chi connectivity index (χ1n) is 8.28. The zero-order chi connectivity index (χ0) is 15.2. The maximum atomic E-state index is 9.46. The topological polar surface area (TPSA) is 41.5 Å². The minimum Gasteiger partial charge on any atom is -0.394 e. The van der Waals surface area contributed by atoms with Crippen LogP contribution in [-0.4, -0.2) is 36.5 Å². The van der Waals surface area contributed by atoms with Gasteiger partial charge in [-0.05, 0) is 56.9 Å². The van der Waals surface area contributed by atoms with Crippen molar-refractivity contribution >= 4 is 0 Å². The molecule has 3 heteroatoms. The van der Waals surface area contributed by atoms with Crippen molar-refractivity contribution in [3.63, 3.8) is 0 Å². The van der Waals surface area contributed by atoms with Crippen molar-refractivity contribution in [2.24, 2.45) is 11.3 Å². The summed E-state index contributed by atoms with van der Waals surface area (Å²) in [5.41, 5.74) is 0.267. The number of aliphatic hydroxyl groups is 1. The third-order valence-corrected chi connectivity index (χ3v) is 4.53. The van der Waals surface area contributed by atoms with Crippen molar-refractivity contribution in [1.29, 1.82) is 0 Å². The molecule has 0 bridgehead atoms. The first kappa shape index (κ1) is 17.9. The van der Waals surface area contributed by atoms with Crippen molar-refractivity contribution in [3.05, 3.63) is 0 Å². The largest absolute Gasteiger partial charge is 0.394 e. The van der Waals surface area contributed by atoms with Crippen molar-refractivity contribution in [1.82, 2.24) is 5.32 Å². The van der Waals surface area contributed by atoms with Crippen molar-refractivity contribution < 1.29 is 9.84 Å². The van der Waals surface area contributed by atoms with Crippen LogP contribution in [0.15, 0.2) is 0 Å². The van der Waals surface area contributed by atoms with Gasteiger partial charge in [-0.3, -0.25) is 0 Å². The zero-order valence-corrected chi connectivity index (χ0v) is 14.2. The average Bonchev–Trinajstić information content (AvgIpc) is 2.33. The molecule has 120 valence electrons. The molecule has 0 aliphatic heterocycles. The summed E-state index contributed by atoms with van der Waals surface area (Å²) in [7, 11) is 0. The van der Waals surface area contributed by atoms with Gasteiger partial charge in [-0.1, -0.05) is 27.7 Å². The second-order valence-corrected chi connectivity index (χ2v) is 7.76. The highest BCUT2D eigenvalue weighted by Crippen LogP contribution is 2.39. The minimum absolute atomic E-state index is 0.156. The number of hydrogen-bond acceptors (Lipinski definition) is 3. The molecular weight excluding hydrogens is 250 g/mol. The second kappa shape index (κ2) is 7.77. The molecule has 3 atom stereocenters. The van der Waals surface area contributed by atoms with Gasteiger partial charge in [-0.2, -0.15) is 0 Å². The van der Waals surface area contributed by atoms with Crippen LogP contribution in [0, 0.1) is 11.3 Å². The Morgan fingerprint density at radius 3 is 2.60 bits per heavy atom. The van der Waals surface area contributed by atoms with Gasteiger partial charge in [0, 0.05) is 12.1 Å². The summed E-state index contributed by atoms with van der Waals surface area (Å²) in [4.78, 5) is 0. The molecule has 2 N–H and O–H groups in total. The lowest BCUT2D eigenvalue weighted by atomic mass is 9.71. The summed E-state index contributed by atoms with van der Waals surface area (Å²) in [5.74, 6) is 0.771. The van der Waals surface area contributed by atoms with E-state index in [0.29, 0.717) is 11.5 Å². The van der Waals surface area contributed by atoms with Gasteiger partial charge in [0.1, 0.15) is 0 Å². The molecule has 0 aromatic heterocycles. The standard InChI is InChI=1S/C17H35NO2/c1-6-18-17(5,13-19)8-7-9-20-15-10-14(2)11-16(3,4)12-15/h14-15,18-19H,6-13H2,1-5H3. The third kappa shape index (κ3) is 6.11. The molecule has 3 unspecified atom stereocenters. The van der Waals surface area contributed by atoms with E-state index in [9.17, 15) is 5.11 Å². The molecule has 0 aromatic rings. The molecule has 20 heavy (non-hydrogen) atoms. The number of rotatable bonds is 8. The fourth-order valence-electron chi connectivity index (χ4n) is 3.75. The molecule has 0 amide bonds. The SMILES string of the molecule is CCNC(C)(CO)CCCOC1CC(C)CC(C)(C)C1. The Labute approximate surface area is 125 Å². The summed E-state index contributed by atoms with van der Waals surface area (Å²) in [6.45, 7) is 13.1. The second-order valence-electron chi connectivity index (χ2n) is 7.76. The van der Waals surface area contributed by atoms with E-state index in [1.54, 1.807) is 0 Å². The smallest absolute Gasteiger partial charge is 0.0610 e. The Morgan fingerprint density at radius 2 is 2.05 bits per heavy atom. The highest BCUT2D eigenvalue weighted by Gasteiger charge is 2.32. The summed E-state index contributed by atoms with van der Waals surface area (Å²) >= 11 is 0. The van der Waals surface area contributed by atoms with Crippen LogP contribution in [0.25, 0.3) is 0 Å². The Hall–Kier alpha value is -0.120. The molecule has 0 spiro atoms. The van der Waals surface area contributed by atoms with Crippen LogP contribution >= 0.6 is 0 Å². The monoisotopic (exact) mass is 285 g/mol. The van der Waals surface area contributed by atoms with Crippen LogP contribution in [0.5, 0.6) is 0 Å². The van der Waals surface area contributed by atoms with Crippen LogP contribution < -0.4 is 5.32 Å². The third-order valence-electron chi connectivity index (χ3n) is 4.53. The van der Waals surface area contributed by atoms with Gasteiger partial charge in [0.15, 0.2) is 0 Å². The highest BCUT2D eigenvalue weighted by atomic mass is 16.5. The molecule has 0 aromatic carbocycles. The Kier molecular flexibility index (Phi) is 6.96. The van der Waals surface area contributed by atoms with E-state index in [1.165, 1.54) is 19.3 Å². The predicted molar refractivity (Wildman–Crippen MR) is 84.9 cm³/mol. The molecular formula is C17H35NO2. The Morgan fingerprint density at radius 1 is 1.35 bits per heavy atom. The lowest BCUT2D eigenvalue weighted by Crippen LogP contribution is -2.45. The first-order valence-corrected chi connectivity index (χ1v) is 8.28. The minimum atomic E-state index is -0.156. The van der Waals surface area contributed by atoms with E-state index < -0.39 is 0 Å². The Balaban J connectivity index is 2.27. The average molecular weight is 285 g/mol. The molecule has 0 heterocycles.